The number of carbonyl (C=O) groups is 1. The van der Waals surface area contributed by atoms with Crippen LogP contribution in [0.5, 0.6) is 6.01 Å². The Morgan fingerprint density at radius 3 is 3.10 bits per heavy atom. The van der Waals surface area contributed by atoms with Gasteiger partial charge < -0.3 is 19.8 Å². The smallest absolute Gasteiger partial charge is 0.407 e. The number of carboxylic acid groups (broad SMARTS) is 1. The second kappa shape index (κ2) is 7.03. The van der Waals surface area contributed by atoms with Gasteiger partial charge in [0.1, 0.15) is 6.10 Å². The van der Waals surface area contributed by atoms with Gasteiger partial charge in [-0.1, -0.05) is 12.2 Å². The van der Waals surface area contributed by atoms with Gasteiger partial charge in [-0.2, -0.15) is 4.98 Å². The zero-order chi connectivity index (χ0) is 15.2. The van der Waals surface area contributed by atoms with Crippen molar-refractivity contribution in [2.24, 2.45) is 0 Å². The Morgan fingerprint density at radius 2 is 2.43 bits per heavy atom. The Balaban J connectivity index is 2.03. The molecule has 0 saturated carbocycles. The molecule has 0 bridgehead atoms. The molecule has 2 rings (SSSR count). The molecule has 7 nitrogen and oxygen atoms in total. The molecule has 1 aliphatic rings. The van der Waals surface area contributed by atoms with E-state index in [1.165, 1.54) is 11.1 Å². The molecule has 1 saturated heterocycles. The maximum atomic E-state index is 11.2. The molecule has 2 N–H and O–H groups in total. The highest BCUT2D eigenvalue weighted by Gasteiger charge is 2.31. The van der Waals surface area contributed by atoms with Gasteiger partial charge in [0.15, 0.2) is 0 Å². The first kappa shape index (κ1) is 15.2. The van der Waals surface area contributed by atoms with Crippen LogP contribution < -0.4 is 4.74 Å². The van der Waals surface area contributed by atoms with E-state index in [4.69, 9.17) is 9.84 Å². The van der Waals surface area contributed by atoms with E-state index < -0.39 is 6.09 Å². The van der Waals surface area contributed by atoms with E-state index in [9.17, 15) is 9.90 Å². The van der Waals surface area contributed by atoms with Crippen LogP contribution in [0.1, 0.15) is 25.5 Å². The number of amides is 1. The summed E-state index contributed by atoms with van der Waals surface area (Å²) in [6.07, 6.45) is 5.31. The van der Waals surface area contributed by atoms with Crippen molar-refractivity contribution in [3.63, 3.8) is 0 Å². The SMILES string of the molecule is CC=CC1CC(Oc2nccc(CO)n2)CCN1C(=O)O. The van der Waals surface area contributed by atoms with Crippen molar-refractivity contribution in [2.45, 2.75) is 38.5 Å². The quantitative estimate of drug-likeness (QED) is 0.815. The highest BCUT2D eigenvalue weighted by Crippen LogP contribution is 2.22. The molecule has 0 spiro atoms. The van der Waals surface area contributed by atoms with Crippen molar-refractivity contribution < 1.29 is 19.7 Å². The van der Waals surface area contributed by atoms with Crippen LogP contribution in [-0.4, -0.2) is 49.9 Å². The number of nitrogens with zero attached hydrogens (tertiary/aromatic N) is 3. The Bertz CT molecular complexity index is 521. The molecular formula is C14H19N3O4. The molecule has 1 amide bonds. The minimum absolute atomic E-state index is 0.143. The molecule has 1 aromatic rings. The van der Waals surface area contributed by atoms with Crippen LogP contribution in [0.3, 0.4) is 0 Å². The van der Waals surface area contributed by atoms with Crippen molar-refractivity contribution in [3.05, 3.63) is 30.1 Å². The average molecular weight is 293 g/mol. The number of ether oxygens (including phenoxy) is 1. The van der Waals surface area contributed by atoms with Gasteiger partial charge in [0.05, 0.1) is 18.3 Å². The summed E-state index contributed by atoms with van der Waals surface area (Å²) in [4.78, 5) is 20.7. The molecule has 1 aromatic heterocycles. The predicted molar refractivity (Wildman–Crippen MR) is 74.9 cm³/mol. The van der Waals surface area contributed by atoms with Gasteiger partial charge in [-0.15, -0.1) is 0 Å². The number of rotatable bonds is 4. The van der Waals surface area contributed by atoms with Gasteiger partial charge in [0, 0.05) is 25.6 Å². The van der Waals surface area contributed by atoms with Gasteiger partial charge in [0.2, 0.25) is 0 Å². The summed E-state index contributed by atoms with van der Waals surface area (Å²) in [6, 6.07) is 1.63. The summed E-state index contributed by atoms with van der Waals surface area (Å²) in [5.41, 5.74) is 0.493. The van der Waals surface area contributed by atoms with E-state index in [0.29, 0.717) is 25.1 Å². The highest BCUT2D eigenvalue weighted by atomic mass is 16.5. The summed E-state index contributed by atoms with van der Waals surface area (Å²) >= 11 is 0. The average Bonchev–Trinajstić information content (AvgIpc) is 2.48. The zero-order valence-corrected chi connectivity index (χ0v) is 11.8. The standard InChI is InChI=1S/C14H19N3O4/c1-2-3-11-8-12(5-7-17(11)14(19)20)21-13-15-6-4-10(9-18)16-13/h2-4,6,11-12,18H,5,7-9H2,1H3,(H,19,20). The van der Waals surface area contributed by atoms with E-state index in [-0.39, 0.29) is 24.8 Å². The summed E-state index contributed by atoms with van der Waals surface area (Å²) < 4.78 is 5.72. The number of aromatic nitrogens is 2. The third-order valence-corrected chi connectivity index (χ3v) is 3.38. The number of aliphatic hydroxyl groups excluding tert-OH is 1. The van der Waals surface area contributed by atoms with Crippen LogP contribution in [0.25, 0.3) is 0 Å². The van der Waals surface area contributed by atoms with Crippen LogP contribution in [0.2, 0.25) is 0 Å². The van der Waals surface area contributed by atoms with Crippen molar-refractivity contribution in [1.82, 2.24) is 14.9 Å². The normalized spacial score (nSPS) is 22.5. The fraction of sp³-hybridized carbons (Fsp3) is 0.500. The number of piperidine rings is 1. The molecule has 2 atom stereocenters. The van der Waals surface area contributed by atoms with Gasteiger partial charge >= 0.3 is 12.1 Å². The highest BCUT2D eigenvalue weighted by molar-refractivity contribution is 5.66. The predicted octanol–water partition coefficient (Wildman–Crippen LogP) is 1.43. The molecule has 7 heteroatoms. The summed E-state index contributed by atoms with van der Waals surface area (Å²) in [5.74, 6) is 0. The second-order valence-electron chi connectivity index (χ2n) is 4.82. The fourth-order valence-corrected chi connectivity index (χ4v) is 2.38. The zero-order valence-electron chi connectivity index (χ0n) is 11.8. The molecule has 21 heavy (non-hydrogen) atoms. The second-order valence-corrected chi connectivity index (χ2v) is 4.82. The van der Waals surface area contributed by atoms with Crippen molar-refractivity contribution in [3.8, 4) is 6.01 Å². The van der Waals surface area contributed by atoms with E-state index in [1.54, 1.807) is 6.07 Å². The molecule has 0 radical (unpaired) electrons. The lowest BCUT2D eigenvalue weighted by Crippen LogP contribution is -2.47. The lowest BCUT2D eigenvalue weighted by Gasteiger charge is -2.35. The van der Waals surface area contributed by atoms with Crippen LogP contribution >= 0.6 is 0 Å². The van der Waals surface area contributed by atoms with Crippen LogP contribution in [0.4, 0.5) is 4.79 Å². The fourth-order valence-electron chi connectivity index (χ4n) is 2.38. The Morgan fingerprint density at radius 1 is 1.62 bits per heavy atom. The number of aliphatic hydroxyl groups is 1. The molecule has 1 fully saturated rings. The molecule has 1 aliphatic heterocycles. The minimum atomic E-state index is -0.921. The first-order chi connectivity index (χ1) is 10.1. The van der Waals surface area contributed by atoms with E-state index in [1.807, 2.05) is 19.1 Å². The molecule has 114 valence electrons. The molecule has 0 aromatic carbocycles. The monoisotopic (exact) mass is 293 g/mol. The first-order valence-electron chi connectivity index (χ1n) is 6.86. The maximum absolute atomic E-state index is 11.2. The Hall–Kier alpha value is -2.15. The molecule has 2 unspecified atom stereocenters. The number of likely N-dealkylation sites (tertiary alicyclic amines) is 1. The van der Waals surface area contributed by atoms with Crippen molar-refractivity contribution in [2.75, 3.05) is 6.54 Å². The number of hydrogen-bond donors (Lipinski definition) is 2. The minimum Gasteiger partial charge on any atom is -0.465 e. The van der Waals surface area contributed by atoms with E-state index in [2.05, 4.69) is 9.97 Å². The molecular weight excluding hydrogens is 274 g/mol. The van der Waals surface area contributed by atoms with Gasteiger partial charge in [-0.05, 0) is 13.0 Å². The Labute approximate surface area is 122 Å². The molecule has 2 heterocycles. The Kier molecular flexibility index (Phi) is 5.10. The lowest BCUT2D eigenvalue weighted by molar-refractivity contribution is 0.0640. The van der Waals surface area contributed by atoms with Crippen LogP contribution in [0, 0.1) is 0 Å². The van der Waals surface area contributed by atoms with Crippen LogP contribution in [-0.2, 0) is 6.61 Å². The summed E-state index contributed by atoms with van der Waals surface area (Å²) in [5, 5.41) is 18.2. The molecule has 0 aliphatic carbocycles. The summed E-state index contributed by atoms with van der Waals surface area (Å²) in [7, 11) is 0. The topological polar surface area (TPSA) is 95.8 Å². The van der Waals surface area contributed by atoms with Gasteiger partial charge in [-0.3, -0.25) is 0 Å². The number of hydrogen-bond acceptors (Lipinski definition) is 5. The van der Waals surface area contributed by atoms with Crippen molar-refractivity contribution >= 4 is 6.09 Å². The lowest BCUT2D eigenvalue weighted by atomic mass is 9.99. The van der Waals surface area contributed by atoms with Gasteiger partial charge in [0.25, 0.3) is 0 Å². The van der Waals surface area contributed by atoms with Crippen molar-refractivity contribution in [1.29, 1.82) is 0 Å². The maximum Gasteiger partial charge on any atom is 0.407 e. The van der Waals surface area contributed by atoms with Crippen LogP contribution in [0.15, 0.2) is 24.4 Å². The van der Waals surface area contributed by atoms with E-state index >= 15 is 0 Å². The summed E-state index contributed by atoms with van der Waals surface area (Å²) in [6.45, 7) is 2.10. The third kappa shape index (κ3) is 3.91. The largest absolute Gasteiger partial charge is 0.465 e. The first-order valence-corrected chi connectivity index (χ1v) is 6.86. The number of allylic oxidation sites excluding steroid dienone is 1. The third-order valence-electron chi connectivity index (χ3n) is 3.38. The van der Waals surface area contributed by atoms with Gasteiger partial charge in [-0.25, -0.2) is 9.78 Å². The van der Waals surface area contributed by atoms with E-state index in [0.717, 1.165) is 0 Å².